The van der Waals surface area contributed by atoms with Crippen LogP contribution in [0.5, 0.6) is 0 Å². The molecule has 0 spiro atoms. The van der Waals surface area contributed by atoms with E-state index in [-0.39, 0.29) is 5.91 Å². The number of amidine groups is 1. The van der Waals surface area contributed by atoms with Crippen molar-refractivity contribution in [2.75, 3.05) is 42.5 Å². The Balaban J connectivity index is 1.33. The third kappa shape index (κ3) is 5.43. The average molecular weight is 489 g/mol. The van der Waals surface area contributed by atoms with Gasteiger partial charge < -0.3 is 9.80 Å². The molecule has 1 amide bonds. The Morgan fingerprint density at radius 2 is 1.46 bits per heavy atom. The lowest BCUT2D eigenvalue weighted by Gasteiger charge is -2.29. The molecule has 0 bridgehead atoms. The number of thioether (sulfide) groups is 1. The van der Waals surface area contributed by atoms with Crippen molar-refractivity contribution in [2.45, 2.75) is 52.4 Å². The van der Waals surface area contributed by atoms with Gasteiger partial charge in [-0.15, -0.1) is 0 Å². The predicted octanol–water partition coefficient (Wildman–Crippen LogP) is 6.60. The Bertz CT molecular complexity index is 1110. The molecule has 3 heterocycles. The third-order valence-corrected chi connectivity index (χ3v) is 8.27. The predicted molar refractivity (Wildman–Crippen MR) is 150 cm³/mol. The normalized spacial score (nSPS) is 21.4. The van der Waals surface area contributed by atoms with Crippen molar-refractivity contribution >= 4 is 46.0 Å². The summed E-state index contributed by atoms with van der Waals surface area (Å²) in [7, 11) is 0. The first-order valence-corrected chi connectivity index (χ1v) is 13.9. The molecule has 2 aromatic carbocycles. The van der Waals surface area contributed by atoms with Gasteiger partial charge in [0.1, 0.15) is 0 Å². The minimum atomic E-state index is 0.0423. The number of anilines is 2. The fourth-order valence-corrected chi connectivity index (χ4v) is 6.24. The smallest absolute Gasteiger partial charge is 0.266 e. The average Bonchev–Trinajstić information content (AvgIpc) is 3.20. The number of benzene rings is 2. The molecule has 5 nitrogen and oxygen atoms in total. The fraction of sp³-hybridized carbons (Fsp3) is 0.448. The number of hydrogen-bond acceptors (Lipinski definition) is 5. The summed E-state index contributed by atoms with van der Waals surface area (Å²) in [6, 6.07) is 15.1. The molecule has 184 valence electrons. The van der Waals surface area contributed by atoms with Crippen LogP contribution >= 0.6 is 11.8 Å². The number of aliphatic imine (C=N–C) groups is 1. The zero-order chi connectivity index (χ0) is 24.2. The van der Waals surface area contributed by atoms with Crippen molar-refractivity contribution in [3.63, 3.8) is 0 Å². The highest BCUT2D eigenvalue weighted by molar-refractivity contribution is 8.18. The lowest BCUT2D eigenvalue weighted by Crippen LogP contribution is -2.29. The Hall–Kier alpha value is -2.73. The Morgan fingerprint density at radius 3 is 2.06 bits per heavy atom. The lowest BCUT2D eigenvalue weighted by molar-refractivity contribution is -0.122. The summed E-state index contributed by atoms with van der Waals surface area (Å²) in [6.45, 7) is 9.30. The molecule has 2 aromatic rings. The van der Waals surface area contributed by atoms with Crippen LogP contribution in [0.3, 0.4) is 0 Å². The zero-order valence-electron chi connectivity index (χ0n) is 21.0. The minimum Gasteiger partial charge on any atom is -0.372 e. The second-order valence-electron chi connectivity index (χ2n) is 9.71. The molecule has 0 radical (unpaired) electrons. The quantitative estimate of drug-likeness (QED) is 0.445. The van der Waals surface area contributed by atoms with Gasteiger partial charge in [0.05, 0.1) is 10.6 Å². The number of aryl methyl sites for hydroxylation is 1. The molecule has 0 unspecified atom stereocenters. The van der Waals surface area contributed by atoms with Gasteiger partial charge in [0, 0.05) is 44.1 Å². The summed E-state index contributed by atoms with van der Waals surface area (Å²) in [5.74, 6) is 0.0423. The van der Waals surface area contributed by atoms with Gasteiger partial charge in [-0.2, -0.15) is 0 Å². The molecule has 0 atom stereocenters. The number of carbonyl (C=O) groups excluding carboxylic acids is 1. The van der Waals surface area contributed by atoms with Crippen LogP contribution < -0.4 is 9.80 Å². The molecule has 3 fully saturated rings. The second kappa shape index (κ2) is 10.9. The number of hydrogen-bond donors (Lipinski definition) is 0. The van der Waals surface area contributed by atoms with Crippen LogP contribution in [0.4, 0.5) is 17.1 Å². The van der Waals surface area contributed by atoms with Crippen molar-refractivity contribution < 1.29 is 4.79 Å². The fourth-order valence-electron chi connectivity index (χ4n) is 5.18. The van der Waals surface area contributed by atoms with Gasteiger partial charge in [0.15, 0.2) is 5.17 Å². The molecular weight excluding hydrogens is 452 g/mol. The summed E-state index contributed by atoms with van der Waals surface area (Å²) in [5.41, 5.74) is 5.75. The largest absolute Gasteiger partial charge is 0.372 e. The van der Waals surface area contributed by atoms with E-state index < -0.39 is 0 Å². The standard InChI is InChI=1S/C29H36N4OS/c1-3-33-28(34)27(21-23-10-13-26(20-22(23)2)32-18-8-5-9-19-32)35-29(33)30-24-11-14-25(15-12-24)31-16-6-4-7-17-31/h10-15,20-21H,3-9,16-19H2,1-2H3/b27-21-,30-29?. The number of amides is 1. The van der Waals surface area contributed by atoms with Gasteiger partial charge in [-0.25, -0.2) is 4.99 Å². The number of carbonyl (C=O) groups is 1. The van der Waals surface area contributed by atoms with E-state index in [1.807, 2.05) is 13.0 Å². The van der Waals surface area contributed by atoms with Crippen LogP contribution in [-0.2, 0) is 4.79 Å². The summed E-state index contributed by atoms with van der Waals surface area (Å²) in [6.07, 6.45) is 9.77. The van der Waals surface area contributed by atoms with E-state index in [9.17, 15) is 4.79 Å². The minimum absolute atomic E-state index is 0.0423. The van der Waals surface area contributed by atoms with Crippen molar-refractivity contribution in [1.29, 1.82) is 0 Å². The van der Waals surface area contributed by atoms with Gasteiger partial charge >= 0.3 is 0 Å². The van der Waals surface area contributed by atoms with E-state index in [0.29, 0.717) is 6.54 Å². The molecule has 0 aliphatic carbocycles. The maximum Gasteiger partial charge on any atom is 0.266 e. The van der Waals surface area contributed by atoms with Gasteiger partial charge in [-0.1, -0.05) is 6.07 Å². The maximum atomic E-state index is 13.2. The Morgan fingerprint density at radius 1 is 0.857 bits per heavy atom. The van der Waals surface area contributed by atoms with E-state index in [2.05, 4.69) is 59.2 Å². The van der Waals surface area contributed by atoms with Crippen LogP contribution in [0.2, 0.25) is 0 Å². The van der Waals surface area contributed by atoms with E-state index in [1.54, 1.807) is 4.90 Å². The van der Waals surface area contributed by atoms with E-state index in [4.69, 9.17) is 4.99 Å². The van der Waals surface area contributed by atoms with Crippen molar-refractivity contribution in [1.82, 2.24) is 4.90 Å². The molecule has 5 rings (SSSR count). The lowest BCUT2D eigenvalue weighted by atomic mass is 10.0. The van der Waals surface area contributed by atoms with Crippen molar-refractivity contribution in [3.05, 3.63) is 58.5 Å². The monoisotopic (exact) mass is 488 g/mol. The van der Waals surface area contributed by atoms with Crippen LogP contribution in [0.15, 0.2) is 52.4 Å². The first kappa shape index (κ1) is 24.0. The van der Waals surface area contributed by atoms with E-state index >= 15 is 0 Å². The SMILES string of the molecule is CCN1C(=O)/C(=C/c2ccc(N3CCCCC3)cc2C)SC1=Nc1ccc(N2CCCCC2)cc1. The van der Waals surface area contributed by atoms with E-state index in [0.717, 1.165) is 47.5 Å². The van der Waals surface area contributed by atoms with Gasteiger partial charge in [0.25, 0.3) is 5.91 Å². The number of rotatable bonds is 5. The number of piperidine rings is 2. The first-order valence-electron chi connectivity index (χ1n) is 13.1. The van der Waals surface area contributed by atoms with Gasteiger partial charge in [0.2, 0.25) is 0 Å². The first-order chi connectivity index (χ1) is 17.1. The second-order valence-corrected chi connectivity index (χ2v) is 10.7. The van der Waals surface area contributed by atoms with Crippen LogP contribution in [0.1, 0.15) is 56.6 Å². The topological polar surface area (TPSA) is 39.2 Å². The number of likely N-dealkylation sites (N-methyl/N-ethyl adjacent to an activating group) is 1. The highest BCUT2D eigenvalue weighted by atomic mass is 32.2. The molecule has 35 heavy (non-hydrogen) atoms. The highest BCUT2D eigenvalue weighted by Crippen LogP contribution is 2.35. The zero-order valence-corrected chi connectivity index (χ0v) is 21.8. The third-order valence-electron chi connectivity index (χ3n) is 7.26. The van der Waals surface area contributed by atoms with Crippen molar-refractivity contribution in [2.24, 2.45) is 4.99 Å². The number of nitrogens with zero attached hydrogens (tertiary/aromatic N) is 4. The molecule has 3 saturated heterocycles. The van der Waals surface area contributed by atoms with Gasteiger partial charge in [-0.3, -0.25) is 9.69 Å². The highest BCUT2D eigenvalue weighted by Gasteiger charge is 2.32. The Labute approximate surface area is 213 Å². The summed E-state index contributed by atoms with van der Waals surface area (Å²) in [4.78, 5) is 25.5. The van der Waals surface area contributed by atoms with E-state index in [1.165, 1.54) is 67.2 Å². The van der Waals surface area contributed by atoms with Crippen LogP contribution in [0.25, 0.3) is 6.08 Å². The molecule has 6 heteroatoms. The summed E-state index contributed by atoms with van der Waals surface area (Å²) in [5, 5.41) is 0.761. The van der Waals surface area contributed by atoms with Crippen LogP contribution in [-0.4, -0.2) is 48.7 Å². The Kier molecular flexibility index (Phi) is 7.47. The van der Waals surface area contributed by atoms with Crippen LogP contribution in [0, 0.1) is 6.92 Å². The molecule has 3 aliphatic heterocycles. The van der Waals surface area contributed by atoms with Crippen molar-refractivity contribution in [3.8, 4) is 0 Å². The maximum absolute atomic E-state index is 13.2. The molecule has 0 N–H and O–H groups in total. The molecule has 3 aliphatic rings. The molecular formula is C29H36N4OS. The summed E-state index contributed by atoms with van der Waals surface area (Å²) >= 11 is 1.48. The van der Waals surface area contributed by atoms with Gasteiger partial charge in [-0.05, 0) is 118 Å². The molecule has 0 aromatic heterocycles. The molecule has 0 saturated carbocycles. The summed E-state index contributed by atoms with van der Waals surface area (Å²) < 4.78 is 0.